The Hall–Kier alpha value is -0.610. The summed E-state index contributed by atoms with van der Waals surface area (Å²) in [5, 5.41) is 0.686. The highest BCUT2D eigenvalue weighted by molar-refractivity contribution is 9.08. The molecule has 4 heteroatoms. The fourth-order valence-electron chi connectivity index (χ4n) is 2.42. The van der Waals surface area contributed by atoms with E-state index in [1.54, 1.807) is 6.07 Å². The molecule has 0 saturated carbocycles. The number of hydrogen-bond donors (Lipinski definition) is 0. The normalized spacial score (nSPS) is 20.2. The van der Waals surface area contributed by atoms with Crippen LogP contribution < -0.4 is 4.90 Å². The second-order valence-electron chi connectivity index (χ2n) is 4.58. The van der Waals surface area contributed by atoms with Gasteiger partial charge in [0.05, 0.1) is 11.8 Å². The van der Waals surface area contributed by atoms with Crippen LogP contribution in [0.3, 0.4) is 0 Å². The third-order valence-corrected chi connectivity index (χ3v) is 3.94. The zero-order valence-electron chi connectivity index (χ0n) is 10.7. The van der Waals surface area contributed by atoms with Crippen molar-refractivity contribution in [3.05, 3.63) is 29.6 Å². The highest BCUT2D eigenvalue weighted by Crippen LogP contribution is 2.25. The minimum Gasteiger partial charge on any atom is -0.377 e. The predicted molar refractivity (Wildman–Crippen MR) is 75.9 cm³/mol. The molecular formula is C14H19BrFNO. The number of anilines is 1. The van der Waals surface area contributed by atoms with Crippen LogP contribution in [0.5, 0.6) is 0 Å². The Morgan fingerprint density at radius 1 is 1.50 bits per heavy atom. The Labute approximate surface area is 116 Å². The van der Waals surface area contributed by atoms with Crippen LogP contribution in [-0.4, -0.2) is 25.8 Å². The number of halogens is 2. The summed E-state index contributed by atoms with van der Waals surface area (Å²) < 4.78 is 19.7. The fourth-order valence-corrected chi connectivity index (χ4v) is 2.77. The van der Waals surface area contributed by atoms with E-state index in [1.165, 1.54) is 0 Å². The molecule has 2 rings (SSSR count). The second-order valence-corrected chi connectivity index (χ2v) is 5.15. The van der Waals surface area contributed by atoms with E-state index >= 15 is 0 Å². The molecule has 1 aromatic rings. The van der Waals surface area contributed by atoms with Gasteiger partial charge < -0.3 is 9.64 Å². The van der Waals surface area contributed by atoms with Gasteiger partial charge in [-0.15, -0.1) is 0 Å². The summed E-state index contributed by atoms with van der Waals surface area (Å²) in [6, 6.07) is 5.45. The van der Waals surface area contributed by atoms with Crippen LogP contribution in [0.25, 0.3) is 0 Å². The van der Waals surface area contributed by atoms with Gasteiger partial charge in [0.15, 0.2) is 0 Å². The molecule has 1 aromatic carbocycles. The zero-order chi connectivity index (χ0) is 13.0. The lowest BCUT2D eigenvalue weighted by Crippen LogP contribution is -2.40. The topological polar surface area (TPSA) is 12.5 Å². The summed E-state index contributed by atoms with van der Waals surface area (Å²) >= 11 is 3.34. The van der Waals surface area contributed by atoms with Gasteiger partial charge in [-0.05, 0) is 37.5 Å². The van der Waals surface area contributed by atoms with Crippen molar-refractivity contribution >= 4 is 21.6 Å². The number of nitrogens with zero attached hydrogens (tertiary/aromatic N) is 1. The molecule has 1 aliphatic heterocycles. The Kier molecular flexibility index (Phi) is 5.01. The van der Waals surface area contributed by atoms with Gasteiger partial charge in [0.1, 0.15) is 5.82 Å². The molecule has 100 valence electrons. The van der Waals surface area contributed by atoms with Crippen LogP contribution in [0.2, 0.25) is 0 Å². The molecule has 1 unspecified atom stereocenters. The molecule has 1 atom stereocenters. The lowest BCUT2D eigenvalue weighted by atomic mass is 10.1. The molecule has 1 aliphatic rings. The summed E-state index contributed by atoms with van der Waals surface area (Å²) in [7, 11) is 0. The van der Waals surface area contributed by atoms with Crippen molar-refractivity contribution in [3.63, 3.8) is 0 Å². The van der Waals surface area contributed by atoms with Crippen molar-refractivity contribution in [3.8, 4) is 0 Å². The van der Waals surface area contributed by atoms with Gasteiger partial charge in [0.2, 0.25) is 0 Å². The third-order valence-electron chi connectivity index (χ3n) is 3.29. The van der Waals surface area contributed by atoms with Gasteiger partial charge in [0, 0.05) is 25.0 Å². The highest BCUT2D eigenvalue weighted by atomic mass is 79.9. The van der Waals surface area contributed by atoms with Gasteiger partial charge in [-0.1, -0.05) is 22.0 Å². The summed E-state index contributed by atoms with van der Waals surface area (Å²) in [6.45, 7) is 4.43. The molecular weight excluding hydrogens is 297 g/mol. The summed E-state index contributed by atoms with van der Waals surface area (Å²) in [6.07, 6.45) is 2.37. The summed E-state index contributed by atoms with van der Waals surface area (Å²) in [5.41, 5.74) is 1.67. The fraction of sp³-hybridized carbons (Fsp3) is 0.571. The molecule has 1 heterocycles. The maximum Gasteiger partial charge on any atom is 0.146 e. The van der Waals surface area contributed by atoms with Gasteiger partial charge in [-0.25, -0.2) is 4.39 Å². The van der Waals surface area contributed by atoms with Gasteiger partial charge in [-0.2, -0.15) is 0 Å². The first-order chi connectivity index (χ1) is 8.74. The second kappa shape index (κ2) is 6.53. The van der Waals surface area contributed by atoms with E-state index < -0.39 is 0 Å². The molecule has 1 fully saturated rings. The van der Waals surface area contributed by atoms with E-state index in [4.69, 9.17) is 4.74 Å². The van der Waals surface area contributed by atoms with E-state index in [0.717, 1.165) is 38.1 Å². The Bertz CT molecular complexity index is 397. The number of alkyl halides is 1. The first-order valence-corrected chi connectivity index (χ1v) is 7.57. The van der Waals surface area contributed by atoms with Crippen molar-refractivity contribution in [2.45, 2.75) is 31.2 Å². The molecule has 0 bridgehead atoms. The van der Waals surface area contributed by atoms with Crippen LogP contribution in [0.15, 0.2) is 18.2 Å². The van der Waals surface area contributed by atoms with Crippen molar-refractivity contribution < 1.29 is 9.13 Å². The molecule has 0 N–H and O–H groups in total. The SMILES string of the molecule is CCOC1CCCN(c2ccc(CBr)cc2F)C1. The molecule has 0 aromatic heterocycles. The molecule has 0 spiro atoms. The highest BCUT2D eigenvalue weighted by Gasteiger charge is 2.22. The Morgan fingerprint density at radius 2 is 2.33 bits per heavy atom. The maximum atomic E-state index is 14.0. The van der Waals surface area contributed by atoms with Crippen molar-refractivity contribution in [2.24, 2.45) is 0 Å². The molecule has 18 heavy (non-hydrogen) atoms. The standard InChI is InChI=1S/C14H19BrFNO/c1-2-18-12-4-3-7-17(10-12)14-6-5-11(9-15)8-13(14)16/h5-6,8,12H,2-4,7,9-10H2,1H3. The van der Waals surface area contributed by atoms with Gasteiger partial charge >= 0.3 is 0 Å². The van der Waals surface area contributed by atoms with Crippen LogP contribution in [-0.2, 0) is 10.1 Å². The molecule has 0 radical (unpaired) electrons. The average Bonchev–Trinajstić information content (AvgIpc) is 2.39. The summed E-state index contributed by atoms with van der Waals surface area (Å²) in [5.74, 6) is -0.135. The molecule has 1 saturated heterocycles. The van der Waals surface area contributed by atoms with Gasteiger partial charge in [-0.3, -0.25) is 0 Å². The maximum absolute atomic E-state index is 14.0. The quantitative estimate of drug-likeness (QED) is 0.785. The van der Waals surface area contributed by atoms with E-state index in [-0.39, 0.29) is 11.9 Å². The van der Waals surface area contributed by atoms with Gasteiger partial charge in [0.25, 0.3) is 0 Å². The van der Waals surface area contributed by atoms with E-state index in [0.29, 0.717) is 11.0 Å². The predicted octanol–water partition coefficient (Wildman–Crippen LogP) is 3.73. The van der Waals surface area contributed by atoms with E-state index in [9.17, 15) is 4.39 Å². The molecule has 0 amide bonds. The monoisotopic (exact) mass is 315 g/mol. The first kappa shape index (κ1) is 13.8. The number of benzene rings is 1. The number of ether oxygens (including phenoxy) is 1. The minimum atomic E-state index is -0.135. The lowest BCUT2D eigenvalue weighted by Gasteiger charge is -2.34. The minimum absolute atomic E-state index is 0.135. The van der Waals surface area contributed by atoms with Crippen LogP contribution in [0, 0.1) is 5.82 Å². The zero-order valence-corrected chi connectivity index (χ0v) is 12.2. The largest absolute Gasteiger partial charge is 0.377 e. The van der Waals surface area contributed by atoms with Crippen LogP contribution in [0.1, 0.15) is 25.3 Å². The average molecular weight is 316 g/mol. The number of piperidine rings is 1. The molecule has 0 aliphatic carbocycles. The number of rotatable bonds is 4. The van der Waals surface area contributed by atoms with E-state index in [2.05, 4.69) is 20.8 Å². The Balaban J connectivity index is 2.10. The lowest BCUT2D eigenvalue weighted by molar-refractivity contribution is 0.0525. The Morgan fingerprint density at radius 3 is 3.00 bits per heavy atom. The van der Waals surface area contributed by atoms with E-state index in [1.807, 2.05) is 19.1 Å². The smallest absolute Gasteiger partial charge is 0.146 e. The summed E-state index contributed by atoms with van der Waals surface area (Å²) in [4.78, 5) is 2.09. The molecule has 2 nitrogen and oxygen atoms in total. The van der Waals surface area contributed by atoms with Crippen LogP contribution >= 0.6 is 15.9 Å². The third kappa shape index (κ3) is 3.23. The number of hydrogen-bond acceptors (Lipinski definition) is 2. The van der Waals surface area contributed by atoms with Crippen molar-refractivity contribution in [1.82, 2.24) is 0 Å². The van der Waals surface area contributed by atoms with Crippen molar-refractivity contribution in [2.75, 3.05) is 24.6 Å². The van der Waals surface area contributed by atoms with Crippen LogP contribution in [0.4, 0.5) is 10.1 Å². The van der Waals surface area contributed by atoms with Crippen molar-refractivity contribution in [1.29, 1.82) is 0 Å². The first-order valence-electron chi connectivity index (χ1n) is 6.45.